The molecule has 5 nitrogen and oxygen atoms in total. The number of rotatable bonds is 6. The molecule has 1 aliphatic rings. The zero-order valence-electron chi connectivity index (χ0n) is 13.5. The highest BCUT2D eigenvalue weighted by Gasteiger charge is 2.31. The number of halogens is 1. The van der Waals surface area contributed by atoms with E-state index in [1.807, 2.05) is 0 Å². The average Bonchev–Trinajstić information content (AvgIpc) is 3.15. The summed E-state index contributed by atoms with van der Waals surface area (Å²) >= 11 is 6.35. The number of benzene rings is 1. The standard InChI is InChI=1S/C18H14FNO4S2/c19-12-5-3-11(4-6-12)14-8-7-13(24-14)10-15-17(23)20(18(25)26-15)9-1-2-16(21)22/h3-8,10H,1-2,9H2,(H,21,22). The molecule has 0 unspecified atom stereocenters. The smallest absolute Gasteiger partial charge is 0.303 e. The lowest BCUT2D eigenvalue weighted by atomic mass is 10.2. The van der Waals surface area contributed by atoms with Crippen molar-refractivity contribution in [3.63, 3.8) is 0 Å². The van der Waals surface area contributed by atoms with E-state index in [9.17, 15) is 14.0 Å². The lowest BCUT2D eigenvalue weighted by molar-refractivity contribution is -0.137. The lowest BCUT2D eigenvalue weighted by Gasteiger charge is -2.13. The van der Waals surface area contributed by atoms with E-state index in [4.69, 9.17) is 21.7 Å². The van der Waals surface area contributed by atoms with Crippen molar-refractivity contribution in [2.45, 2.75) is 12.8 Å². The van der Waals surface area contributed by atoms with Gasteiger partial charge in [0.25, 0.3) is 5.91 Å². The molecule has 0 bridgehead atoms. The van der Waals surface area contributed by atoms with Crippen molar-refractivity contribution in [3.8, 4) is 11.3 Å². The van der Waals surface area contributed by atoms with Gasteiger partial charge in [-0.2, -0.15) is 0 Å². The van der Waals surface area contributed by atoms with E-state index in [1.165, 1.54) is 17.0 Å². The number of hydrogen-bond donors (Lipinski definition) is 1. The van der Waals surface area contributed by atoms with Crippen LogP contribution < -0.4 is 0 Å². The maximum Gasteiger partial charge on any atom is 0.303 e. The fourth-order valence-electron chi connectivity index (χ4n) is 2.41. The van der Waals surface area contributed by atoms with Crippen LogP contribution in [0.5, 0.6) is 0 Å². The van der Waals surface area contributed by atoms with Gasteiger partial charge < -0.3 is 9.52 Å². The first-order valence-corrected chi connectivity index (χ1v) is 8.99. The van der Waals surface area contributed by atoms with Crippen LogP contribution >= 0.6 is 24.0 Å². The zero-order valence-corrected chi connectivity index (χ0v) is 15.1. The van der Waals surface area contributed by atoms with Crippen LogP contribution in [0.3, 0.4) is 0 Å². The minimum absolute atomic E-state index is 0.0185. The summed E-state index contributed by atoms with van der Waals surface area (Å²) in [7, 11) is 0. The third-order valence-electron chi connectivity index (χ3n) is 3.67. The van der Waals surface area contributed by atoms with Crippen molar-refractivity contribution in [3.05, 3.63) is 52.9 Å². The molecule has 0 radical (unpaired) electrons. The second kappa shape index (κ2) is 7.84. The molecule has 1 fully saturated rings. The Kier molecular flexibility index (Phi) is 5.53. The third-order valence-corrected chi connectivity index (χ3v) is 5.05. The van der Waals surface area contributed by atoms with Crippen LogP contribution in [-0.2, 0) is 9.59 Å². The Labute approximate surface area is 158 Å². The molecular formula is C18H14FNO4S2. The molecule has 0 spiro atoms. The van der Waals surface area contributed by atoms with E-state index >= 15 is 0 Å². The maximum atomic E-state index is 13.0. The van der Waals surface area contributed by atoms with Crippen LogP contribution in [0.2, 0.25) is 0 Å². The van der Waals surface area contributed by atoms with Crippen molar-refractivity contribution in [1.29, 1.82) is 0 Å². The van der Waals surface area contributed by atoms with Crippen LogP contribution in [-0.4, -0.2) is 32.7 Å². The number of carboxylic acids is 1. The summed E-state index contributed by atoms with van der Waals surface area (Å²) in [6, 6.07) is 9.38. The molecule has 0 atom stereocenters. The van der Waals surface area contributed by atoms with Gasteiger partial charge in [0.05, 0.1) is 4.91 Å². The minimum Gasteiger partial charge on any atom is -0.481 e. The Balaban J connectivity index is 1.72. The van der Waals surface area contributed by atoms with Gasteiger partial charge in [0, 0.05) is 24.6 Å². The molecular weight excluding hydrogens is 377 g/mol. The van der Waals surface area contributed by atoms with Gasteiger partial charge in [-0.15, -0.1) is 0 Å². The van der Waals surface area contributed by atoms with E-state index in [2.05, 4.69) is 0 Å². The normalized spacial score (nSPS) is 15.9. The van der Waals surface area contributed by atoms with Crippen molar-refractivity contribution in [2.24, 2.45) is 0 Å². The van der Waals surface area contributed by atoms with E-state index in [-0.39, 0.29) is 24.7 Å². The average molecular weight is 391 g/mol. The quantitative estimate of drug-likeness (QED) is 0.589. The number of amides is 1. The highest BCUT2D eigenvalue weighted by atomic mass is 32.2. The second-order valence-corrected chi connectivity index (χ2v) is 7.22. The number of nitrogens with zero attached hydrogens (tertiary/aromatic N) is 1. The highest BCUT2D eigenvalue weighted by Crippen LogP contribution is 2.33. The summed E-state index contributed by atoms with van der Waals surface area (Å²) in [5.74, 6) is -0.448. The first-order valence-electron chi connectivity index (χ1n) is 7.77. The molecule has 26 heavy (non-hydrogen) atoms. The summed E-state index contributed by atoms with van der Waals surface area (Å²) in [5.41, 5.74) is 0.729. The van der Waals surface area contributed by atoms with Gasteiger partial charge in [0.2, 0.25) is 0 Å². The van der Waals surface area contributed by atoms with E-state index in [0.29, 0.717) is 27.2 Å². The molecule has 134 valence electrons. The Bertz CT molecular complexity index is 889. The molecule has 1 aromatic heterocycles. The Morgan fingerprint density at radius 1 is 1.27 bits per heavy atom. The number of furan rings is 1. The molecule has 8 heteroatoms. The minimum atomic E-state index is -0.908. The van der Waals surface area contributed by atoms with Gasteiger partial charge in [-0.25, -0.2) is 4.39 Å². The number of carbonyl (C=O) groups is 2. The largest absolute Gasteiger partial charge is 0.481 e. The molecule has 1 N–H and O–H groups in total. The van der Waals surface area contributed by atoms with Crippen molar-refractivity contribution in [2.75, 3.05) is 6.54 Å². The summed E-state index contributed by atoms with van der Waals surface area (Å²) in [6.45, 7) is 0.271. The van der Waals surface area contributed by atoms with Gasteiger partial charge >= 0.3 is 5.97 Å². The van der Waals surface area contributed by atoms with Crippen molar-refractivity contribution >= 4 is 46.3 Å². The van der Waals surface area contributed by atoms with E-state index in [1.54, 1.807) is 30.3 Å². The predicted octanol–water partition coefficient (Wildman–Crippen LogP) is 4.15. The number of aliphatic carboxylic acids is 1. The second-order valence-electron chi connectivity index (χ2n) is 5.54. The highest BCUT2D eigenvalue weighted by molar-refractivity contribution is 8.26. The monoisotopic (exact) mass is 391 g/mol. The fraction of sp³-hybridized carbons (Fsp3) is 0.167. The van der Waals surface area contributed by atoms with Crippen LogP contribution in [0, 0.1) is 5.82 Å². The summed E-state index contributed by atoms with van der Waals surface area (Å²) < 4.78 is 19.1. The molecule has 1 amide bonds. The number of carbonyl (C=O) groups excluding carboxylic acids is 1. The van der Waals surface area contributed by atoms with Crippen LogP contribution in [0.25, 0.3) is 17.4 Å². The Morgan fingerprint density at radius 3 is 2.69 bits per heavy atom. The van der Waals surface area contributed by atoms with Crippen molar-refractivity contribution < 1.29 is 23.5 Å². The zero-order chi connectivity index (χ0) is 18.7. The van der Waals surface area contributed by atoms with Crippen molar-refractivity contribution in [1.82, 2.24) is 4.90 Å². The summed E-state index contributed by atoms with van der Waals surface area (Å²) in [4.78, 5) is 24.8. The number of thiocarbonyl (C=S) groups is 1. The topological polar surface area (TPSA) is 70.8 Å². The summed E-state index contributed by atoms with van der Waals surface area (Å²) in [6.07, 6.45) is 1.92. The summed E-state index contributed by atoms with van der Waals surface area (Å²) in [5, 5.41) is 8.69. The first kappa shape index (κ1) is 18.3. The lowest BCUT2D eigenvalue weighted by Crippen LogP contribution is -2.29. The first-order chi connectivity index (χ1) is 12.4. The molecule has 3 rings (SSSR count). The van der Waals surface area contributed by atoms with E-state index < -0.39 is 5.97 Å². The SMILES string of the molecule is O=C(O)CCCN1C(=O)C(=Cc2ccc(-c3ccc(F)cc3)o2)SC1=S. The molecule has 0 aliphatic carbocycles. The number of hydrogen-bond acceptors (Lipinski definition) is 5. The molecule has 2 heterocycles. The van der Waals surface area contributed by atoms with E-state index in [0.717, 1.165) is 17.3 Å². The van der Waals surface area contributed by atoms with Gasteiger partial charge in [0.15, 0.2) is 0 Å². The Morgan fingerprint density at radius 2 is 2.00 bits per heavy atom. The molecule has 1 saturated heterocycles. The number of carboxylic acid groups (broad SMARTS) is 1. The Hall–Kier alpha value is -2.45. The molecule has 1 aliphatic heterocycles. The molecule has 0 saturated carbocycles. The van der Waals surface area contributed by atoms with Gasteiger partial charge in [0.1, 0.15) is 21.7 Å². The van der Waals surface area contributed by atoms with Crippen LogP contribution in [0.4, 0.5) is 4.39 Å². The number of thioether (sulfide) groups is 1. The van der Waals surface area contributed by atoms with Crippen LogP contribution in [0.15, 0.2) is 45.7 Å². The molecule has 1 aromatic carbocycles. The van der Waals surface area contributed by atoms with Gasteiger partial charge in [-0.1, -0.05) is 24.0 Å². The van der Waals surface area contributed by atoms with Gasteiger partial charge in [-0.3, -0.25) is 14.5 Å². The maximum absolute atomic E-state index is 13.0. The molecule has 2 aromatic rings. The third kappa shape index (κ3) is 4.20. The van der Waals surface area contributed by atoms with Gasteiger partial charge in [-0.05, 0) is 42.8 Å². The predicted molar refractivity (Wildman–Crippen MR) is 101 cm³/mol. The fourth-order valence-corrected chi connectivity index (χ4v) is 3.70. The van der Waals surface area contributed by atoms with Crippen LogP contribution in [0.1, 0.15) is 18.6 Å².